The number of alkyl halides is 5. The molecule has 2 rings (SSSR count). The number of hydrogen-bond acceptors (Lipinski definition) is 4. The van der Waals surface area contributed by atoms with Gasteiger partial charge in [-0.25, -0.2) is 18.6 Å². The number of ether oxygens (including phenoxy) is 1. The Labute approximate surface area is 139 Å². The fourth-order valence-corrected chi connectivity index (χ4v) is 2.65. The van der Waals surface area contributed by atoms with Crippen LogP contribution in [0.25, 0.3) is 0 Å². The molecule has 0 spiro atoms. The van der Waals surface area contributed by atoms with Crippen LogP contribution in [0.1, 0.15) is 52.1 Å². The van der Waals surface area contributed by atoms with Crippen molar-refractivity contribution in [2.24, 2.45) is 11.7 Å². The monoisotopic (exact) mass is 368 g/mol. The number of aromatic nitrogens is 1. The first-order valence-corrected chi connectivity index (χ1v) is 7.29. The van der Waals surface area contributed by atoms with Crippen LogP contribution in [0.3, 0.4) is 0 Å². The Kier molecular flexibility index (Phi) is 5.07. The van der Waals surface area contributed by atoms with E-state index < -0.39 is 46.1 Å². The Hall–Kier alpha value is -1.84. The van der Waals surface area contributed by atoms with Crippen LogP contribution < -0.4 is 5.73 Å². The SMILES string of the molecule is COC(=O)c1c(C(F)F)nc(C(F)(F)F)c(C(N)=S)c1CC1CC1. The molecule has 0 bridgehead atoms. The molecule has 0 aromatic carbocycles. The Bertz CT molecular complexity index is 687. The molecule has 0 amide bonds. The van der Waals surface area contributed by atoms with E-state index in [2.05, 4.69) is 21.9 Å². The van der Waals surface area contributed by atoms with Gasteiger partial charge < -0.3 is 10.5 Å². The second kappa shape index (κ2) is 6.58. The van der Waals surface area contributed by atoms with Crippen molar-refractivity contribution in [1.82, 2.24) is 4.98 Å². The molecule has 1 aromatic rings. The molecule has 1 aliphatic carbocycles. The Morgan fingerprint density at radius 1 is 1.38 bits per heavy atom. The van der Waals surface area contributed by atoms with Gasteiger partial charge in [-0.2, -0.15) is 13.2 Å². The van der Waals surface area contributed by atoms with Gasteiger partial charge in [0, 0.05) is 5.56 Å². The summed E-state index contributed by atoms with van der Waals surface area (Å²) in [6.07, 6.45) is -7.04. The number of rotatable bonds is 5. The maximum atomic E-state index is 13.3. The lowest BCUT2D eigenvalue weighted by Gasteiger charge is -2.20. The zero-order valence-electron chi connectivity index (χ0n) is 12.4. The van der Waals surface area contributed by atoms with Gasteiger partial charge in [0.15, 0.2) is 5.69 Å². The Balaban J connectivity index is 2.87. The van der Waals surface area contributed by atoms with Crippen LogP contribution in [0.15, 0.2) is 0 Å². The number of esters is 1. The summed E-state index contributed by atoms with van der Waals surface area (Å²) < 4.78 is 70.7. The lowest BCUT2D eigenvalue weighted by atomic mass is 9.93. The summed E-state index contributed by atoms with van der Waals surface area (Å²) in [5.74, 6) is -1.21. The second-order valence-corrected chi connectivity index (χ2v) is 5.82. The highest BCUT2D eigenvalue weighted by molar-refractivity contribution is 7.80. The summed E-state index contributed by atoms with van der Waals surface area (Å²) in [5.41, 5.74) is 0.880. The van der Waals surface area contributed by atoms with E-state index in [9.17, 15) is 26.7 Å². The molecule has 0 atom stereocenters. The van der Waals surface area contributed by atoms with E-state index in [-0.39, 0.29) is 17.9 Å². The first-order valence-electron chi connectivity index (χ1n) is 6.88. The number of carbonyl (C=O) groups is 1. The molecule has 1 fully saturated rings. The summed E-state index contributed by atoms with van der Waals surface area (Å²) >= 11 is 4.67. The normalized spacial score (nSPS) is 14.8. The van der Waals surface area contributed by atoms with Crippen molar-refractivity contribution >= 4 is 23.2 Å². The van der Waals surface area contributed by atoms with E-state index in [4.69, 9.17) is 5.73 Å². The first-order chi connectivity index (χ1) is 11.1. The maximum absolute atomic E-state index is 13.3. The summed E-state index contributed by atoms with van der Waals surface area (Å²) in [4.78, 5) is 14.3. The van der Waals surface area contributed by atoms with Crippen molar-refractivity contribution in [3.8, 4) is 0 Å². The standard InChI is InChI=1S/C14H13F5N2O2S/c1-23-13(22)7-6(4-5-2-3-5)8(12(20)24)10(14(17,18)19)21-9(7)11(15)16/h5,11H,2-4H2,1H3,(H2,20,24). The summed E-state index contributed by atoms with van der Waals surface area (Å²) in [7, 11) is 0.941. The number of nitrogens with zero attached hydrogens (tertiary/aromatic N) is 1. The zero-order valence-corrected chi connectivity index (χ0v) is 13.2. The van der Waals surface area contributed by atoms with Gasteiger partial charge in [-0.1, -0.05) is 12.2 Å². The lowest BCUT2D eigenvalue weighted by molar-refractivity contribution is -0.141. The minimum atomic E-state index is -5.05. The highest BCUT2D eigenvalue weighted by atomic mass is 32.1. The molecule has 1 heterocycles. The number of carbonyl (C=O) groups excluding carboxylic acids is 1. The van der Waals surface area contributed by atoms with Gasteiger partial charge in [-0.05, 0) is 30.7 Å². The largest absolute Gasteiger partial charge is 0.465 e. The predicted octanol–water partition coefficient (Wildman–Crippen LogP) is 3.41. The van der Waals surface area contributed by atoms with Crippen molar-refractivity contribution in [1.29, 1.82) is 0 Å². The van der Waals surface area contributed by atoms with Gasteiger partial charge in [-0.15, -0.1) is 0 Å². The molecule has 0 unspecified atom stereocenters. The molecular weight excluding hydrogens is 355 g/mol. The minimum absolute atomic E-state index is 0.0180. The van der Waals surface area contributed by atoms with Gasteiger partial charge in [0.25, 0.3) is 6.43 Å². The topological polar surface area (TPSA) is 65.2 Å². The highest BCUT2D eigenvalue weighted by Gasteiger charge is 2.42. The molecule has 4 nitrogen and oxygen atoms in total. The highest BCUT2D eigenvalue weighted by Crippen LogP contribution is 2.40. The molecule has 1 aromatic heterocycles. The average molecular weight is 368 g/mol. The third kappa shape index (κ3) is 3.63. The van der Waals surface area contributed by atoms with Crippen LogP contribution in [0, 0.1) is 5.92 Å². The number of pyridine rings is 1. The Morgan fingerprint density at radius 3 is 2.33 bits per heavy atom. The summed E-state index contributed by atoms with van der Waals surface area (Å²) in [6, 6.07) is 0. The minimum Gasteiger partial charge on any atom is -0.465 e. The van der Waals surface area contributed by atoms with E-state index in [1.807, 2.05) is 0 Å². The molecule has 10 heteroatoms. The smallest absolute Gasteiger partial charge is 0.434 e. The molecule has 24 heavy (non-hydrogen) atoms. The molecule has 0 radical (unpaired) electrons. The van der Waals surface area contributed by atoms with Crippen LogP contribution in [-0.4, -0.2) is 23.1 Å². The number of nitrogens with two attached hydrogens (primary N) is 1. The Morgan fingerprint density at radius 2 is 1.96 bits per heavy atom. The zero-order chi connectivity index (χ0) is 18.2. The number of halogens is 5. The van der Waals surface area contributed by atoms with Crippen molar-refractivity contribution in [2.45, 2.75) is 31.9 Å². The first kappa shape index (κ1) is 18.5. The van der Waals surface area contributed by atoms with Gasteiger partial charge in [0.05, 0.1) is 12.7 Å². The van der Waals surface area contributed by atoms with Gasteiger partial charge in [-0.3, -0.25) is 0 Å². The van der Waals surface area contributed by atoms with Crippen LogP contribution in [-0.2, 0) is 17.3 Å². The predicted molar refractivity (Wildman–Crippen MR) is 77.9 cm³/mol. The fourth-order valence-electron chi connectivity index (χ4n) is 2.43. The third-order valence-electron chi connectivity index (χ3n) is 3.63. The summed E-state index contributed by atoms with van der Waals surface area (Å²) in [6.45, 7) is 0. The van der Waals surface area contributed by atoms with Crippen molar-refractivity contribution < 1.29 is 31.5 Å². The number of methoxy groups -OCH3 is 1. The van der Waals surface area contributed by atoms with Gasteiger partial charge in [0.1, 0.15) is 10.7 Å². The van der Waals surface area contributed by atoms with E-state index in [0.29, 0.717) is 12.8 Å². The molecule has 2 N–H and O–H groups in total. The molecule has 1 saturated carbocycles. The summed E-state index contributed by atoms with van der Waals surface area (Å²) in [5, 5.41) is 0. The second-order valence-electron chi connectivity index (χ2n) is 5.38. The lowest BCUT2D eigenvalue weighted by Crippen LogP contribution is -2.27. The van der Waals surface area contributed by atoms with Crippen LogP contribution >= 0.6 is 12.2 Å². The van der Waals surface area contributed by atoms with E-state index >= 15 is 0 Å². The third-order valence-corrected chi connectivity index (χ3v) is 3.83. The van der Waals surface area contributed by atoms with E-state index in [0.717, 1.165) is 7.11 Å². The molecule has 0 aliphatic heterocycles. The molecular formula is C14H13F5N2O2S. The van der Waals surface area contributed by atoms with E-state index in [1.165, 1.54) is 0 Å². The van der Waals surface area contributed by atoms with Crippen molar-refractivity contribution in [3.05, 3.63) is 28.1 Å². The number of hydrogen-bond donors (Lipinski definition) is 1. The number of thiocarbonyl (C=S) groups is 1. The average Bonchev–Trinajstić information content (AvgIpc) is 3.27. The maximum Gasteiger partial charge on any atom is 0.434 e. The van der Waals surface area contributed by atoms with Crippen LogP contribution in [0.5, 0.6) is 0 Å². The van der Waals surface area contributed by atoms with Crippen molar-refractivity contribution in [2.75, 3.05) is 7.11 Å². The van der Waals surface area contributed by atoms with Gasteiger partial charge in [0.2, 0.25) is 0 Å². The van der Waals surface area contributed by atoms with Gasteiger partial charge >= 0.3 is 12.1 Å². The quantitative estimate of drug-likeness (QED) is 0.490. The fraction of sp³-hybridized carbons (Fsp3) is 0.500. The van der Waals surface area contributed by atoms with Crippen molar-refractivity contribution in [3.63, 3.8) is 0 Å². The molecule has 1 aliphatic rings. The molecule has 132 valence electrons. The molecule has 0 saturated heterocycles. The van der Waals surface area contributed by atoms with Crippen LogP contribution in [0.4, 0.5) is 22.0 Å². The van der Waals surface area contributed by atoms with E-state index in [1.54, 1.807) is 0 Å². The van der Waals surface area contributed by atoms with Crippen LogP contribution in [0.2, 0.25) is 0 Å².